The predicted octanol–water partition coefficient (Wildman–Crippen LogP) is 3.37. The molecular weight excluding hydrogens is 609 g/mol. The second kappa shape index (κ2) is 11.7. The summed E-state index contributed by atoms with van der Waals surface area (Å²) in [4.78, 5) is 33.5. The number of halogens is 1. The van der Waals surface area contributed by atoms with Gasteiger partial charge in [0.05, 0.1) is 41.4 Å². The van der Waals surface area contributed by atoms with Gasteiger partial charge in [-0.3, -0.25) is 9.59 Å². The van der Waals surface area contributed by atoms with Gasteiger partial charge in [-0.15, -0.1) is 0 Å². The summed E-state index contributed by atoms with van der Waals surface area (Å²) in [5.41, 5.74) is 2.45. The van der Waals surface area contributed by atoms with Crippen molar-refractivity contribution in [2.24, 2.45) is 10.2 Å². The van der Waals surface area contributed by atoms with Crippen molar-refractivity contribution in [3.63, 3.8) is 0 Å². The van der Waals surface area contributed by atoms with E-state index < -0.39 is 21.6 Å². The highest BCUT2D eigenvalue weighted by Crippen LogP contribution is 2.34. The zero-order chi connectivity index (χ0) is 31.0. The SMILES string of the molecule is COc1ccc(C2=NN(C(=O)CSc3nc4c(cnn4-c4ccc(S(N)(=O)=O)cc4)c(=O)[nH]3)[C@@H](c3ccc(F)cc3)C2)cc1. The number of hydrazone groups is 1. The number of carbonyl (C=O) groups excluding carboxylic acids is 1. The number of amides is 1. The number of hydrogen-bond acceptors (Lipinski definition) is 9. The maximum atomic E-state index is 13.7. The van der Waals surface area contributed by atoms with E-state index in [2.05, 4.69) is 20.2 Å². The number of primary sulfonamides is 1. The molecule has 1 amide bonds. The lowest BCUT2D eigenvalue weighted by molar-refractivity contribution is -0.130. The van der Waals surface area contributed by atoms with Crippen molar-refractivity contribution in [1.29, 1.82) is 0 Å². The van der Waals surface area contributed by atoms with Crippen molar-refractivity contribution < 1.29 is 22.3 Å². The molecule has 0 saturated heterocycles. The van der Waals surface area contributed by atoms with Gasteiger partial charge in [0.15, 0.2) is 10.8 Å². The van der Waals surface area contributed by atoms with E-state index in [0.29, 0.717) is 23.6 Å². The lowest BCUT2D eigenvalue weighted by atomic mass is 9.98. The predicted molar refractivity (Wildman–Crippen MR) is 162 cm³/mol. The van der Waals surface area contributed by atoms with Crippen LogP contribution in [0.4, 0.5) is 4.39 Å². The third-order valence-electron chi connectivity index (χ3n) is 7.00. The van der Waals surface area contributed by atoms with E-state index in [-0.39, 0.29) is 38.6 Å². The number of methoxy groups -OCH3 is 1. The highest BCUT2D eigenvalue weighted by atomic mass is 32.2. The van der Waals surface area contributed by atoms with Gasteiger partial charge < -0.3 is 9.72 Å². The maximum Gasteiger partial charge on any atom is 0.262 e. The van der Waals surface area contributed by atoms with Crippen LogP contribution in [0.3, 0.4) is 0 Å². The van der Waals surface area contributed by atoms with Crippen molar-refractivity contribution >= 4 is 44.4 Å². The van der Waals surface area contributed by atoms with E-state index in [0.717, 1.165) is 22.9 Å². The summed E-state index contributed by atoms with van der Waals surface area (Å²) in [5.74, 6) is -0.154. The van der Waals surface area contributed by atoms with E-state index in [1.54, 1.807) is 19.2 Å². The van der Waals surface area contributed by atoms with Crippen LogP contribution in [0.1, 0.15) is 23.6 Å². The average molecular weight is 634 g/mol. The first-order valence-electron chi connectivity index (χ1n) is 13.1. The van der Waals surface area contributed by atoms with Gasteiger partial charge in [-0.05, 0) is 71.8 Å². The zero-order valence-electron chi connectivity index (χ0n) is 23.0. The summed E-state index contributed by atoms with van der Waals surface area (Å²) in [5, 5.41) is 15.8. The number of aromatic amines is 1. The molecule has 0 fully saturated rings. The highest BCUT2D eigenvalue weighted by Gasteiger charge is 2.33. The van der Waals surface area contributed by atoms with Crippen molar-refractivity contribution in [1.82, 2.24) is 24.8 Å². The number of H-pyrrole nitrogens is 1. The van der Waals surface area contributed by atoms with Crippen molar-refractivity contribution in [3.8, 4) is 11.4 Å². The third-order valence-corrected chi connectivity index (χ3v) is 8.79. The molecule has 12 nitrogen and oxygen atoms in total. The second-order valence-corrected chi connectivity index (χ2v) is 12.3. The molecule has 0 saturated carbocycles. The van der Waals surface area contributed by atoms with E-state index in [4.69, 9.17) is 9.88 Å². The fourth-order valence-corrected chi connectivity index (χ4v) is 6.00. The number of aromatic nitrogens is 4. The van der Waals surface area contributed by atoms with Gasteiger partial charge in [0.1, 0.15) is 17.0 Å². The number of fused-ring (bicyclic) bond motifs is 1. The van der Waals surface area contributed by atoms with E-state index in [1.807, 2.05) is 24.3 Å². The van der Waals surface area contributed by atoms with Crippen LogP contribution >= 0.6 is 11.8 Å². The molecule has 3 aromatic carbocycles. The largest absolute Gasteiger partial charge is 0.497 e. The van der Waals surface area contributed by atoms with Crippen LogP contribution in [-0.2, 0) is 14.8 Å². The first kappa shape index (κ1) is 29.2. The molecule has 5 aromatic rings. The molecule has 2 aromatic heterocycles. The highest BCUT2D eigenvalue weighted by molar-refractivity contribution is 7.99. The van der Waals surface area contributed by atoms with Gasteiger partial charge in [-0.25, -0.2) is 32.6 Å². The Labute approximate surface area is 254 Å². The van der Waals surface area contributed by atoms with Gasteiger partial charge in [-0.1, -0.05) is 23.9 Å². The summed E-state index contributed by atoms with van der Waals surface area (Å²) >= 11 is 1.02. The summed E-state index contributed by atoms with van der Waals surface area (Å²) in [7, 11) is -2.31. The van der Waals surface area contributed by atoms with Crippen LogP contribution in [0, 0.1) is 5.82 Å². The second-order valence-electron chi connectivity index (χ2n) is 9.78. The number of rotatable bonds is 8. The number of ether oxygens (including phenoxy) is 1. The molecule has 6 rings (SSSR count). The van der Waals surface area contributed by atoms with E-state index in [1.165, 1.54) is 52.3 Å². The smallest absolute Gasteiger partial charge is 0.262 e. The van der Waals surface area contributed by atoms with Gasteiger partial charge in [0, 0.05) is 6.42 Å². The van der Waals surface area contributed by atoms with Crippen LogP contribution in [0.5, 0.6) is 5.75 Å². The Morgan fingerprint density at radius 3 is 2.45 bits per heavy atom. The van der Waals surface area contributed by atoms with Crippen LogP contribution in [-0.4, -0.2) is 57.7 Å². The number of benzene rings is 3. The molecule has 0 radical (unpaired) electrons. The molecule has 0 unspecified atom stereocenters. The minimum atomic E-state index is -3.88. The Bertz CT molecular complexity index is 2060. The fraction of sp³-hybridized carbons (Fsp3) is 0.138. The van der Waals surface area contributed by atoms with Crippen LogP contribution in [0.2, 0.25) is 0 Å². The molecule has 0 bridgehead atoms. The van der Waals surface area contributed by atoms with Crippen LogP contribution in [0.15, 0.2) is 98.9 Å². The normalized spacial score (nSPS) is 15.0. The molecule has 3 heterocycles. The number of nitrogens with zero attached hydrogens (tertiary/aromatic N) is 5. The quantitative estimate of drug-likeness (QED) is 0.194. The molecule has 1 aliphatic rings. The molecule has 44 heavy (non-hydrogen) atoms. The Balaban J connectivity index is 1.26. The van der Waals surface area contributed by atoms with E-state index in [9.17, 15) is 22.4 Å². The number of thioether (sulfide) groups is 1. The first-order valence-corrected chi connectivity index (χ1v) is 15.7. The van der Waals surface area contributed by atoms with Crippen LogP contribution < -0.4 is 15.4 Å². The molecule has 3 N–H and O–H groups in total. The summed E-state index contributed by atoms with van der Waals surface area (Å²) in [6.07, 6.45) is 1.76. The Kier molecular flexibility index (Phi) is 7.75. The van der Waals surface area contributed by atoms with Gasteiger partial charge in [0.25, 0.3) is 11.5 Å². The molecule has 1 aliphatic heterocycles. The van der Waals surface area contributed by atoms with Gasteiger partial charge >= 0.3 is 0 Å². The molecular formula is C29H24FN7O5S2. The molecule has 0 aliphatic carbocycles. The summed E-state index contributed by atoms with van der Waals surface area (Å²) in [6, 6.07) is 18.5. The number of carbonyl (C=O) groups is 1. The minimum Gasteiger partial charge on any atom is -0.497 e. The topological polar surface area (TPSA) is 166 Å². The van der Waals surface area contributed by atoms with Crippen molar-refractivity contribution in [2.75, 3.05) is 12.9 Å². The number of hydrogen-bond donors (Lipinski definition) is 2. The minimum absolute atomic E-state index is 0.0723. The Hall–Kier alpha value is -4.86. The average Bonchev–Trinajstić information content (AvgIpc) is 3.66. The Morgan fingerprint density at radius 2 is 1.80 bits per heavy atom. The molecule has 224 valence electrons. The van der Waals surface area contributed by atoms with Crippen LogP contribution in [0.25, 0.3) is 16.7 Å². The number of nitrogens with one attached hydrogen (secondary N) is 1. The van der Waals surface area contributed by atoms with Crippen molar-refractivity contribution in [3.05, 3.63) is 106 Å². The lowest BCUT2D eigenvalue weighted by Crippen LogP contribution is -2.28. The maximum absolute atomic E-state index is 13.7. The third kappa shape index (κ3) is 5.84. The molecule has 15 heteroatoms. The molecule has 0 spiro atoms. The van der Waals surface area contributed by atoms with Crippen molar-refractivity contribution in [2.45, 2.75) is 22.5 Å². The number of nitrogens with two attached hydrogens (primary N) is 1. The fourth-order valence-electron chi connectivity index (χ4n) is 4.77. The zero-order valence-corrected chi connectivity index (χ0v) is 24.7. The van der Waals surface area contributed by atoms with Gasteiger partial charge in [-0.2, -0.15) is 10.2 Å². The number of sulfonamides is 1. The van der Waals surface area contributed by atoms with Gasteiger partial charge in [0.2, 0.25) is 10.0 Å². The Morgan fingerprint density at radius 1 is 1.09 bits per heavy atom. The first-order chi connectivity index (χ1) is 21.1. The standard InChI is InChI=1S/C29H24FN7O5S2/c1-42-21-10-4-17(5-11-21)24-14-25(18-2-6-19(30)7-3-18)37(35-24)26(38)16-43-29-33-27-23(28(39)34-29)15-32-36(27)20-8-12-22(13-9-20)44(31,40)41/h2-13,15,25H,14,16H2,1H3,(H2,31,40,41)(H,33,34,39)/t25-/m1/s1. The summed E-state index contributed by atoms with van der Waals surface area (Å²) < 4.78 is 43.5. The lowest BCUT2D eigenvalue weighted by Gasteiger charge is -2.22. The van der Waals surface area contributed by atoms with E-state index >= 15 is 0 Å². The summed E-state index contributed by atoms with van der Waals surface area (Å²) in [6.45, 7) is 0. The molecule has 1 atom stereocenters. The monoisotopic (exact) mass is 633 g/mol.